The zero-order chi connectivity index (χ0) is 13.8. The number of nitriles is 1. The Hall–Kier alpha value is -0.600. The summed E-state index contributed by atoms with van der Waals surface area (Å²) in [7, 11) is -3.42. The van der Waals surface area contributed by atoms with Gasteiger partial charge in [-0.05, 0) is 37.5 Å². The molecule has 2 atom stereocenters. The van der Waals surface area contributed by atoms with Gasteiger partial charge in [0, 0.05) is 13.1 Å². The largest absolute Gasteiger partial charge is 0.230 e. The predicted molar refractivity (Wildman–Crippen MR) is 72.4 cm³/mol. The first-order valence-electron chi connectivity index (χ1n) is 6.82. The van der Waals surface area contributed by atoms with Crippen LogP contribution in [0.25, 0.3) is 0 Å². The van der Waals surface area contributed by atoms with Crippen LogP contribution in [0.1, 0.15) is 46.5 Å². The van der Waals surface area contributed by atoms with E-state index in [-0.39, 0.29) is 0 Å². The van der Waals surface area contributed by atoms with Gasteiger partial charge in [0.1, 0.15) is 0 Å². The first kappa shape index (κ1) is 15.5. The van der Waals surface area contributed by atoms with Crippen molar-refractivity contribution in [1.29, 1.82) is 5.26 Å². The van der Waals surface area contributed by atoms with Gasteiger partial charge in [-0.25, -0.2) is 12.7 Å². The smallest absolute Gasteiger partial charge is 0.211 e. The molecule has 1 aliphatic heterocycles. The average molecular weight is 272 g/mol. The van der Waals surface area contributed by atoms with Crippen LogP contribution < -0.4 is 0 Å². The molecule has 0 amide bonds. The Bertz CT molecular complexity index is 398. The van der Waals surface area contributed by atoms with Crippen LogP contribution in [0, 0.1) is 23.2 Å². The van der Waals surface area contributed by atoms with Gasteiger partial charge in [-0.2, -0.15) is 5.26 Å². The Kier molecular flexibility index (Phi) is 5.61. The molecule has 0 saturated carbocycles. The van der Waals surface area contributed by atoms with E-state index in [2.05, 4.69) is 13.8 Å². The van der Waals surface area contributed by atoms with E-state index >= 15 is 0 Å². The summed E-state index contributed by atoms with van der Waals surface area (Å²) in [5, 5.41) is 8.07. The number of hydrogen-bond donors (Lipinski definition) is 0. The monoisotopic (exact) mass is 272 g/mol. The normalized spacial score (nSPS) is 24.5. The molecule has 0 N–H and O–H groups in total. The molecule has 0 spiro atoms. The number of sulfonamides is 1. The lowest BCUT2D eigenvalue weighted by atomic mass is 9.89. The lowest BCUT2D eigenvalue weighted by Gasteiger charge is -2.23. The summed E-state index contributed by atoms with van der Waals surface area (Å²) in [5.74, 6) is 1.21. The molecule has 1 saturated heterocycles. The summed E-state index contributed by atoms with van der Waals surface area (Å²) in [6.45, 7) is 7.28. The van der Waals surface area contributed by atoms with E-state index in [4.69, 9.17) is 5.26 Å². The molecule has 1 aliphatic rings. The summed E-state index contributed by atoms with van der Waals surface area (Å²) in [5.41, 5.74) is 0. The first-order chi connectivity index (χ1) is 8.43. The van der Waals surface area contributed by atoms with Crippen molar-refractivity contribution in [3.63, 3.8) is 0 Å². The molecule has 18 heavy (non-hydrogen) atoms. The van der Waals surface area contributed by atoms with Gasteiger partial charge in [-0.15, -0.1) is 0 Å². The number of nitrogens with zero attached hydrogens (tertiary/aromatic N) is 2. The highest BCUT2D eigenvalue weighted by Gasteiger charge is 2.32. The summed E-state index contributed by atoms with van der Waals surface area (Å²) in [6, 6.07) is 1.91. The van der Waals surface area contributed by atoms with Crippen LogP contribution >= 0.6 is 0 Å². The molecule has 1 heterocycles. The summed E-state index contributed by atoms with van der Waals surface area (Å²) < 4.78 is 26.1. The second kappa shape index (κ2) is 6.53. The Morgan fingerprint density at radius 1 is 1.33 bits per heavy atom. The van der Waals surface area contributed by atoms with Gasteiger partial charge in [0.2, 0.25) is 10.0 Å². The minimum atomic E-state index is -3.42. The fraction of sp³-hybridized carbons (Fsp3) is 0.923. The molecule has 1 rings (SSSR count). The van der Waals surface area contributed by atoms with Crippen molar-refractivity contribution < 1.29 is 8.42 Å². The van der Waals surface area contributed by atoms with Crippen molar-refractivity contribution in [2.45, 2.75) is 51.7 Å². The van der Waals surface area contributed by atoms with E-state index in [1.807, 2.05) is 6.07 Å². The van der Waals surface area contributed by atoms with Crippen molar-refractivity contribution in [2.75, 3.05) is 13.1 Å². The minimum Gasteiger partial charge on any atom is -0.211 e. The molecule has 5 heteroatoms. The van der Waals surface area contributed by atoms with Crippen LogP contribution in [0.4, 0.5) is 0 Å². The van der Waals surface area contributed by atoms with Crippen LogP contribution in [-0.4, -0.2) is 31.1 Å². The zero-order valence-corrected chi connectivity index (χ0v) is 12.4. The van der Waals surface area contributed by atoms with E-state index in [9.17, 15) is 8.42 Å². The molecular weight excluding hydrogens is 248 g/mol. The van der Waals surface area contributed by atoms with Gasteiger partial charge in [-0.1, -0.05) is 20.8 Å². The summed E-state index contributed by atoms with van der Waals surface area (Å²) in [4.78, 5) is 0. The molecule has 0 aliphatic carbocycles. The molecule has 0 bridgehead atoms. The maximum absolute atomic E-state index is 12.3. The van der Waals surface area contributed by atoms with Gasteiger partial charge >= 0.3 is 0 Å². The summed E-state index contributed by atoms with van der Waals surface area (Å²) in [6.07, 6.45) is 3.28. The average Bonchev–Trinajstić information content (AvgIpc) is 2.55. The first-order valence-corrected chi connectivity index (χ1v) is 8.32. The van der Waals surface area contributed by atoms with Crippen molar-refractivity contribution in [3.8, 4) is 6.07 Å². The maximum atomic E-state index is 12.3. The predicted octanol–water partition coefficient (Wildman–Crippen LogP) is 2.38. The van der Waals surface area contributed by atoms with E-state index < -0.39 is 15.3 Å². The Morgan fingerprint density at radius 2 is 2.00 bits per heavy atom. The Labute approximate surface area is 111 Å². The summed E-state index contributed by atoms with van der Waals surface area (Å²) >= 11 is 0. The molecule has 0 aromatic heterocycles. The Morgan fingerprint density at radius 3 is 2.50 bits per heavy atom. The van der Waals surface area contributed by atoms with Crippen LogP contribution in [0.5, 0.6) is 0 Å². The van der Waals surface area contributed by atoms with E-state index in [1.54, 1.807) is 6.92 Å². The van der Waals surface area contributed by atoms with E-state index in [0.717, 1.165) is 19.3 Å². The van der Waals surface area contributed by atoms with E-state index in [0.29, 0.717) is 31.3 Å². The molecule has 4 nitrogen and oxygen atoms in total. The third kappa shape index (κ3) is 3.46. The fourth-order valence-corrected chi connectivity index (χ4v) is 4.22. The van der Waals surface area contributed by atoms with Gasteiger partial charge in [-0.3, -0.25) is 0 Å². The molecule has 2 unspecified atom stereocenters. The zero-order valence-electron chi connectivity index (χ0n) is 11.6. The third-order valence-electron chi connectivity index (χ3n) is 3.91. The highest BCUT2D eigenvalue weighted by atomic mass is 32.2. The molecule has 1 fully saturated rings. The standard InChI is InChI=1S/C13H24N2O2S/c1-4-13(10-14)18(16,17)15-8-5-6-12(7-9-15)11(2)3/h11-13H,4-9H2,1-3H3. The van der Waals surface area contributed by atoms with Gasteiger partial charge < -0.3 is 0 Å². The molecule has 0 aromatic rings. The van der Waals surface area contributed by atoms with Crippen molar-refractivity contribution in [1.82, 2.24) is 4.31 Å². The third-order valence-corrected chi connectivity index (χ3v) is 6.15. The van der Waals surface area contributed by atoms with Crippen LogP contribution in [0.3, 0.4) is 0 Å². The quantitative estimate of drug-likeness (QED) is 0.789. The van der Waals surface area contributed by atoms with E-state index in [1.165, 1.54) is 4.31 Å². The molecule has 0 aromatic carbocycles. The number of rotatable bonds is 4. The van der Waals surface area contributed by atoms with Gasteiger partial charge in [0.25, 0.3) is 0 Å². The number of hydrogen-bond acceptors (Lipinski definition) is 3. The van der Waals surface area contributed by atoms with Crippen molar-refractivity contribution in [2.24, 2.45) is 11.8 Å². The molecular formula is C13H24N2O2S. The minimum absolute atomic E-state index is 0.364. The topological polar surface area (TPSA) is 61.2 Å². The molecule has 104 valence electrons. The lowest BCUT2D eigenvalue weighted by Crippen LogP contribution is -2.38. The van der Waals surface area contributed by atoms with Gasteiger partial charge in [0.05, 0.1) is 6.07 Å². The fourth-order valence-electron chi connectivity index (χ4n) is 2.57. The maximum Gasteiger partial charge on any atom is 0.230 e. The highest BCUT2D eigenvalue weighted by molar-refractivity contribution is 7.90. The Balaban J connectivity index is 2.77. The SMILES string of the molecule is CCC(C#N)S(=O)(=O)N1CCCC(C(C)C)CC1. The second-order valence-corrected chi connectivity index (χ2v) is 7.52. The van der Waals surface area contributed by atoms with Crippen molar-refractivity contribution >= 4 is 10.0 Å². The molecule has 0 radical (unpaired) electrons. The van der Waals surface area contributed by atoms with Crippen molar-refractivity contribution in [3.05, 3.63) is 0 Å². The lowest BCUT2D eigenvalue weighted by molar-refractivity contribution is 0.340. The highest BCUT2D eigenvalue weighted by Crippen LogP contribution is 2.26. The van der Waals surface area contributed by atoms with Crippen LogP contribution in [0.2, 0.25) is 0 Å². The van der Waals surface area contributed by atoms with Crippen LogP contribution in [-0.2, 0) is 10.0 Å². The van der Waals surface area contributed by atoms with Gasteiger partial charge in [0.15, 0.2) is 5.25 Å². The van der Waals surface area contributed by atoms with Crippen LogP contribution in [0.15, 0.2) is 0 Å². The second-order valence-electron chi connectivity index (χ2n) is 5.40.